The summed E-state index contributed by atoms with van der Waals surface area (Å²) in [7, 11) is 1.74. The molecule has 0 aliphatic heterocycles. The Labute approximate surface area is 94.3 Å². The first-order chi connectivity index (χ1) is 7.19. The van der Waals surface area contributed by atoms with E-state index in [-0.39, 0.29) is 0 Å². The van der Waals surface area contributed by atoms with Crippen LogP contribution in [0.5, 0.6) is 0 Å². The van der Waals surface area contributed by atoms with Gasteiger partial charge in [0.25, 0.3) is 0 Å². The molecule has 0 bridgehead atoms. The van der Waals surface area contributed by atoms with Crippen molar-refractivity contribution in [3.8, 4) is 0 Å². The minimum absolute atomic E-state index is 0.573. The first-order valence-electron chi connectivity index (χ1n) is 5.79. The molecule has 0 fully saturated rings. The first kappa shape index (κ1) is 14.6. The Morgan fingerprint density at radius 1 is 1.40 bits per heavy atom. The van der Waals surface area contributed by atoms with Crippen LogP contribution in [0, 0.1) is 0 Å². The monoisotopic (exact) mass is 214 g/mol. The van der Waals surface area contributed by atoms with Gasteiger partial charge in [-0.25, -0.2) is 0 Å². The van der Waals surface area contributed by atoms with Crippen LogP contribution in [0.25, 0.3) is 0 Å². The molecule has 0 heterocycles. The molecular formula is C12H26N2O. The Kier molecular flexibility index (Phi) is 8.67. The smallest absolute Gasteiger partial charge is 0.0589 e. The maximum atomic E-state index is 5.57. The Hall–Kier alpha value is -0.380. The fraction of sp³-hybridized carbons (Fsp3) is 0.833. The lowest BCUT2D eigenvalue weighted by atomic mass is 10.1. The maximum Gasteiger partial charge on any atom is 0.0589 e. The molecular weight excluding hydrogens is 188 g/mol. The number of nitrogens with zero attached hydrogens (tertiary/aromatic N) is 1. The molecule has 0 aromatic heterocycles. The van der Waals surface area contributed by atoms with Crippen molar-refractivity contribution in [1.29, 1.82) is 0 Å². The van der Waals surface area contributed by atoms with Crippen LogP contribution in [0.3, 0.4) is 0 Å². The molecule has 0 unspecified atom stereocenters. The summed E-state index contributed by atoms with van der Waals surface area (Å²) in [5.41, 5.74) is 6.67. The Bertz CT molecular complexity index is 167. The van der Waals surface area contributed by atoms with E-state index in [4.69, 9.17) is 10.5 Å². The van der Waals surface area contributed by atoms with Crippen molar-refractivity contribution in [2.45, 2.75) is 32.7 Å². The summed E-state index contributed by atoms with van der Waals surface area (Å²) >= 11 is 0. The van der Waals surface area contributed by atoms with Gasteiger partial charge in [0.15, 0.2) is 0 Å². The highest BCUT2D eigenvalue weighted by Crippen LogP contribution is 2.09. The summed E-state index contributed by atoms with van der Waals surface area (Å²) in [6.07, 6.45) is 2.33. The van der Waals surface area contributed by atoms with Gasteiger partial charge in [-0.2, -0.15) is 0 Å². The standard InChI is InChI=1S/C12H26N2O/c1-5-12(6-2)14(7-8-15-4)10-11(3)9-13/h12H,3,5-10,13H2,1-2,4H3. The quantitative estimate of drug-likeness (QED) is 0.593. The molecule has 15 heavy (non-hydrogen) atoms. The normalized spacial score (nSPS) is 11.3. The van der Waals surface area contributed by atoms with Crippen LogP contribution in [0.2, 0.25) is 0 Å². The topological polar surface area (TPSA) is 38.5 Å². The second-order valence-electron chi connectivity index (χ2n) is 3.89. The summed E-state index contributed by atoms with van der Waals surface area (Å²) < 4.78 is 5.12. The van der Waals surface area contributed by atoms with E-state index in [1.54, 1.807) is 7.11 Å². The molecule has 3 heteroatoms. The van der Waals surface area contributed by atoms with Crippen LogP contribution in [-0.4, -0.2) is 44.3 Å². The van der Waals surface area contributed by atoms with E-state index in [1.807, 2.05) is 0 Å². The largest absolute Gasteiger partial charge is 0.383 e. The molecule has 0 saturated heterocycles. The summed E-state index contributed by atoms with van der Waals surface area (Å²) in [5, 5.41) is 0. The van der Waals surface area contributed by atoms with Crippen molar-refractivity contribution < 1.29 is 4.74 Å². The highest BCUT2D eigenvalue weighted by Gasteiger charge is 2.14. The molecule has 0 aromatic carbocycles. The highest BCUT2D eigenvalue weighted by molar-refractivity contribution is 4.99. The van der Waals surface area contributed by atoms with E-state index in [0.29, 0.717) is 12.6 Å². The molecule has 0 aliphatic carbocycles. The molecule has 3 nitrogen and oxygen atoms in total. The molecule has 0 rings (SSSR count). The van der Waals surface area contributed by atoms with Crippen LogP contribution >= 0.6 is 0 Å². The van der Waals surface area contributed by atoms with Gasteiger partial charge in [-0.1, -0.05) is 20.4 Å². The van der Waals surface area contributed by atoms with Gasteiger partial charge in [-0.15, -0.1) is 0 Å². The van der Waals surface area contributed by atoms with Crippen LogP contribution in [-0.2, 0) is 4.74 Å². The zero-order valence-corrected chi connectivity index (χ0v) is 10.5. The fourth-order valence-electron chi connectivity index (χ4n) is 1.76. The summed E-state index contributed by atoms with van der Waals surface area (Å²) in [5.74, 6) is 0. The zero-order valence-electron chi connectivity index (χ0n) is 10.5. The molecule has 2 N–H and O–H groups in total. The molecule has 0 aromatic rings. The van der Waals surface area contributed by atoms with Crippen LogP contribution in [0.4, 0.5) is 0 Å². The van der Waals surface area contributed by atoms with Crippen LogP contribution in [0.1, 0.15) is 26.7 Å². The van der Waals surface area contributed by atoms with Crippen molar-refractivity contribution in [3.05, 3.63) is 12.2 Å². The van der Waals surface area contributed by atoms with Crippen LogP contribution < -0.4 is 5.73 Å². The second-order valence-corrected chi connectivity index (χ2v) is 3.89. The minimum atomic E-state index is 0.573. The first-order valence-corrected chi connectivity index (χ1v) is 5.79. The highest BCUT2D eigenvalue weighted by atomic mass is 16.5. The van der Waals surface area contributed by atoms with Crippen molar-refractivity contribution in [2.24, 2.45) is 5.73 Å². The third kappa shape index (κ3) is 5.92. The summed E-state index contributed by atoms with van der Waals surface area (Å²) in [6, 6.07) is 0.614. The molecule has 90 valence electrons. The van der Waals surface area contributed by atoms with Gasteiger partial charge in [0.1, 0.15) is 0 Å². The van der Waals surface area contributed by atoms with E-state index >= 15 is 0 Å². The lowest BCUT2D eigenvalue weighted by molar-refractivity contribution is 0.122. The molecule has 0 amide bonds. The number of methoxy groups -OCH3 is 1. The van der Waals surface area contributed by atoms with Crippen molar-refractivity contribution >= 4 is 0 Å². The van der Waals surface area contributed by atoms with Crippen LogP contribution in [0.15, 0.2) is 12.2 Å². The van der Waals surface area contributed by atoms with Gasteiger partial charge >= 0.3 is 0 Å². The maximum absolute atomic E-state index is 5.57. The fourth-order valence-corrected chi connectivity index (χ4v) is 1.76. The average Bonchev–Trinajstić information content (AvgIpc) is 2.26. The van der Waals surface area contributed by atoms with Gasteiger partial charge in [-0.3, -0.25) is 4.90 Å². The lowest BCUT2D eigenvalue weighted by Crippen LogP contribution is -2.39. The van der Waals surface area contributed by atoms with Crippen molar-refractivity contribution in [1.82, 2.24) is 4.90 Å². The number of ether oxygens (including phenoxy) is 1. The molecule has 0 atom stereocenters. The van der Waals surface area contributed by atoms with E-state index in [1.165, 1.54) is 0 Å². The summed E-state index contributed by atoms with van der Waals surface area (Å²) in [4.78, 5) is 2.42. The van der Waals surface area contributed by atoms with E-state index < -0.39 is 0 Å². The van der Waals surface area contributed by atoms with Crippen molar-refractivity contribution in [2.75, 3.05) is 33.4 Å². The zero-order chi connectivity index (χ0) is 11.7. The number of hydrogen-bond acceptors (Lipinski definition) is 3. The Morgan fingerprint density at radius 3 is 2.40 bits per heavy atom. The predicted molar refractivity (Wildman–Crippen MR) is 66.0 cm³/mol. The van der Waals surface area contributed by atoms with E-state index in [9.17, 15) is 0 Å². The number of nitrogens with two attached hydrogens (primary N) is 1. The molecule has 0 spiro atoms. The molecule has 0 radical (unpaired) electrons. The average molecular weight is 214 g/mol. The predicted octanol–water partition coefficient (Wildman–Crippen LogP) is 1.64. The third-order valence-electron chi connectivity index (χ3n) is 2.76. The van der Waals surface area contributed by atoms with Gasteiger partial charge in [0.05, 0.1) is 6.61 Å². The van der Waals surface area contributed by atoms with E-state index in [2.05, 4.69) is 25.3 Å². The Balaban J connectivity index is 4.20. The third-order valence-corrected chi connectivity index (χ3v) is 2.76. The second kappa shape index (κ2) is 8.89. The van der Waals surface area contributed by atoms with Gasteiger partial charge in [0, 0.05) is 32.8 Å². The molecule has 0 saturated carbocycles. The van der Waals surface area contributed by atoms with Crippen molar-refractivity contribution in [3.63, 3.8) is 0 Å². The Morgan fingerprint density at radius 2 is 2.00 bits per heavy atom. The summed E-state index contributed by atoms with van der Waals surface area (Å²) in [6.45, 7) is 11.6. The minimum Gasteiger partial charge on any atom is -0.383 e. The van der Waals surface area contributed by atoms with Gasteiger partial charge in [-0.05, 0) is 18.4 Å². The number of hydrogen-bond donors (Lipinski definition) is 1. The molecule has 0 aliphatic rings. The van der Waals surface area contributed by atoms with E-state index in [0.717, 1.165) is 38.1 Å². The van der Waals surface area contributed by atoms with Gasteiger partial charge < -0.3 is 10.5 Å². The number of rotatable bonds is 9. The lowest BCUT2D eigenvalue weighted by Gasteiger charge is -2.30. The van der Waals surface area contributed by atoms with Gasteiger partial charge in [0.2, 0.25) is 0 Å². The SMILES string of the molecule is C=C(CN)CN(CCOC)C(CC)CC.